The zero-order valence-corrected chi connectivity index (χ0v) is 12.7. The van der Waals surface area contributed by atoms with Crippen LogP contribution in [0.25, 0.3) is 0 Å². The smallest absolute Gasteiger partial charge is 0.127 e. The van der Waals surface area contributed by atoms with Crippen molar-refractivity contribution in [3.8, 4) is 0 Å². The third kappa shape index (κ3) is 3.05. The number of anilines is 1. The fourth-order valence-corrected chi connectivity index (χ4v) is 2.07. The molecule has 18 heavy (non-hydrogen) atoms. The number of hydrogen-bond acceptors (Lipinski definition) is 3. The van der Waals surface area contributed by atoms with Crippen LogP contribution in [0.1, 0.15) is 65.0 Å². The second-order valence-electron chi connectivity index (χ2n) is 6.06. The lowest BCUT2D eigenvalue weighted by molar-refractivity contribution is 0.0226. The van der Waals surface area contributed by atoms with Gasteiger partial charge in [-0.25, -0.2) is 4.98 Å². The lowest BCUT2D eigenvalue weighted by atomic mass is 10.0. The highest BCUT2D eigenvalue weighted by atomic mass is 16.5. The topological polar surface area (TPSA) is 53.1 Å². The number of nitrogens with zero attached hydrogens (tertiary/aromatic N) is 2. The minimum atomic E-state index is -0.238. The summed E-state index contributed by atoms with van der Waals surface area (Å²) in [6, 6.07) is 0.328. The third-order valence-corrected chi connectivity index (χ3v) is 3.23. The number of nitrogen functional groups attached to an aromatic ring is 1. The molecule has 1 aromatic rings. The number of ether oxygens (including phenoxy) is 1. The number of methoxy groups -OCH3 is 1. The molecule has 0 radical (unpaired) electrons. The first-order valence-electron chi connectivity index (χ1n) is 6.61. The highest BCUT2D eigenvalue weighted by molar-refractivity contribution is 5.40. The molecule has 2 N–H and O–H groups in total. The Morgan fingerprint density at radius 1 is 1.28 bits per heavy atom. The van der Waals surface area contributed by atoms with Crippen LogP contribution >= 0.6 is 0 Å². The van der Waals surface area contributed by atoms with Gasteiger partial charge in [0, 0.05) is 25.5 Å². The van der Waals surface area contributed by atoms with Crippen LogP contribution in [-0.2, 0) is 11.2 Å². The average molecular weight is 253 g/mol. The minimum absolute atomic E-state index is 0.238. The quantitative estimate of drug-likeness (QED) is 0.877. The molecule has 0 aliphatic carbocycles. The molecule has 0 bridgehead atoms. The Labute approximate surface area is 111 Å². The number of hydrogen-bond donors (Lipinski definition) is 1. The lowest BCUT2D eigenvalue weighted by Crippen LogP contribution is -2.26. The Morgan fingerprint density at radius 2 is 1.83 bits per heavy atom. The van der Waals surface area contributed by atoms with E-state index in [0.717, 1.165) is 23.8 Å². The molecule has 0 aromatic carbocycles. The lowest BCUT2D eigenvalue weighted by Gasteiger charge is -2.22. The van der Waals surface area contributed by atoms with Crippen LogP contribution in [0.3, 0.4) is 0 Å². The number of rotatable bonds is 5. The van der Waals surface area contributed by atoms with Gasteiger partial charge in [0.05, 0.1) is 11.3 Å². The summed E-state index contributed by atoms with van der Waals surface area (Å²) >= 11 is 0. The molecule has 0 aliphatic heterocycles. The van der Waals surface area contributed by atoms with Gasteiger partial charge in [0.15, 0.2) is 0 Å². The van der Waals surface area contributed by atoms with E-state index >= 15 is 0 Å². The van der Waals surface area contributed by atoms with E-state index in [1.54, 1.807) is 7.11 Å². The molecule has 1 aromatic heterocycles. The zero-order valence-electron chi connectivity index (χ0n) is 12.7. The Bertz CT molecular complexity index is 405. The van der Waals surface area contributed by atoms with Crippen LogP contribution in [-0.4, -0.2) is 22.3 Å². The fourth-order valence-electron chi connectivity index (χ4n) is 2.07. The molecule has 0 atom stereocenters. The summed E-state index contributed by atoms with van der Waals surface area (Å²) in [6.45, 7) is 12.7. The van der Waals surface area contributed by atoms with Crippen molar-refractivity contribution >= 4 is 5.82 Å². The van der Waals surface area contributed by atoms with Crippen molar-refractivity contribution < 1.29 is 4.74 Å². The summed E-state index contributed by atoms with van der Waals surface area (Å²) in [5, 5.41) is 0. The maximum absolute atomic E-state index is 6.25. The van der Waals surface area contributed by atoms with Crippen molar-refractivity contribution in [3.05, 3.63) is 11.5 Å². The monoisotopic (exact) mass is 253 g/mol. The van der Waals surface area contributed by atoms with Gasteiger partial charge in [0.1, 0.15) is 11.6 Å². The Balaban J connectivity index is 3.19. The normalized spacial score (nSPS) is 12.7. The molecule has 104 valence electrons. The predicted molar refractivity (Wildman–Crippen MR) is 75.9 cm³/mol. The van der Waals surface area contributed by atoms with E-state index in [4.69, 9.17) is 15.5 Å². The van der Waals surface area contributed by atoms with Crippen LogP contribution in [0.15, 0.2) is 0 Å². The molecule has 0 aliphatic rings. The first-order chi connectivity index (χ1) is 8.19. The fraction of sp³-hybridized carbons (Fsp3) is 0.786. The first kappa shape index (κ1) is 15.0. The molecule has 0 fully saturated rings. The van der Waals surface area contributed by atoms with Gasteiger partial charge in [-0.05, 0) is 27.7 Å². The van der Waals surface area contributed by atoms with Gasteiger partial charge in [0.25, 0.3) is 0 Å². The summed E-state index contributed by atoms with van der Waals surface area (Å²) in [4.78, 5) is 4.72. The largest absolute Gasteiger partial charge is 0.384 e. The van der Waals surface area contributed by atoms with Crippen molar-refractivity contribution in [1.82, 2.24) is 9.55 Å². The van der Waals surface area contributed by atoms with Gasteiger partial charge in [-0.2, -0.15) is 0 Å². The van der Waals surface area contributed by atoms with Gasteiger partial charge >= 0.3 is 0 Å². The maximum atomic E-state index is 6.25. The second kappa shape index (κ2) is 5.31. The molecule has 0 spiro atoms. The molecule has 0 saturated heterocycles. The van der Waals surface area contributed by atoms with E-state index < -0.39 is 0 Å². The highest BCUT2D eigenvalue weighted by Crippen LogP contribution is 2.28. The Kier molecular flexibility index (Phi) is 4.43. The number of aromatic nitrogens is 2. The second-order valence-corrected chi connectivity index (χ2v) is 6.06. The van der Waals surface area contributed by atoms with Crippen LogP contribution in [0.4, 0.5) is 5.82 Å². The molecular formula is C14H27N3O. The predicted octanol–water partition coefficient (Wildman–Crippen LogP) is 3.14. The van der Waals surface area contributed by atoms with Crippen molar-refractivity contribution in [2.24, 2.45) is 0 Å². The van der Waals surface area contributed by atoms with Crippen molar-refractivity contribution in [2.45, 2.75) is 65.5 Å². The maximum Gasteiger partial charge on any atom is 0.127 e. The van der Waals surface area contributed by atoms with Gasteiger partial charge < -0.3 is 15.0 Å². The molecule has 4 heteroatoms. The van der Waals surface area contributed by atoms with E-state index in [-0.39, 0.29) is 5.60 Å². The van der Waals surface area contributed by atoms with Crippen LogP contribution in [0.2, 0.25) is 0 Å². The van der Waals surface area contributed by atoms with Gasteiger partial charge in [-0.15, -0.1) is 0 Å². The Hall–Kier alpha value is -1.03. The van der Waals surface area contributed by atoms with Crippen LogP contribution in [0.5, 0.6) is 0 Å². The van der Waals surface area contributed by atoms with Gasteiger partial charge in [-0.3, -0.25) is 0 Å². The van der Waals surface area contributed by atoms with Crippen molar-refractivity contribution in [2.75, 3.05) is 12.8 Å². The summed E-state index contributed by atoms with van der Waals surface area (Å²) < 4.78 is 7.59. The Morgan fingerprint density at radius 3 is 2.17 bits per heavy atom. The molecule has 1 rings (SSSR count). The molecule has 1 heterocycles. The van der Waals surface area contributed by atoms with E-state index in [2.05, 4.69) is 46.1 Å². The van der Waals surface area contributed by atoms with E-state index in [1.165, 1.54) is 0 Å². The minimum Gasteiger partial charge on any atom is -0.384 e. The standard InChI is InChI=1S/C14H27N3O/c1-9(2)13-16-11(8-14(5,6)18-7)12(15)17(13)10(3)4/h9-10H,8,15H2,1-7H3. The van der Waals surface area contributed by atoms with Crippen molar-refractivity contribution in [3.63, 3.8) is 0 Å². The number of nitrogens with two attached hydrogens (primary N) is 1. The molecule has 0 unspecified atom stereocenters. The van der Waals surface area contributed by atoms with E-state index in [0.29, 0.717) is 12.0 Å². The molecule has 4 nitrogen and oxygen atoms in total. The highest BCUT2D eigenvalue weighted by Gasteiger charge is 2.25. The van der Waals surface area contributed by atoms with E-state index in [9.17, 15) is 0 Å². The summed E-state index contributed by atoms with van der Waals surface area (Å²) in [5.41, 5.74) is 6.96. The average Bonchev–Trinajstić information content (AvgIpc) is 2.56. The zero-order chi connectivity index (χ0) is 14.1. The summed E-state index contributed by atoms with van der Waals surface area (Å²) in [7, 11) is 1.72. The summed E-state index contributed by atoms with van der Waals surface area (Å²) in [6.07, 6.45) is 0.731. The van der Waals surface area contributed by atoms with E-state index in [1.807, 2.05) is 0 Å². The molecular weight excluding hydrogens is 226 g/mol. The van der Waals surface area contributed by atoms with Gasteiger partial charge in [0.2, 0.25) is 0 Å². The summed E-state index contributed by atoms with van der Waals surface area (Å²) in [5.74, 6) is 2.21. The molecule has 0 saturated carbocycles. The van der Waals surface area contributed by atoms with Crippen LogP contribution < -0.4 is 5.73 Å². The third-order valence-electron chi connectivity index (χ3n) is 3.23. The number of imidazole rings is 1. The van der Waals surface area contributed by atoms with Gasteiger partial charge in [-0.1, -0.05) is 13.8 Å². The van der Waals surface area contributed by atoms with Crippen molar-refractivity contribution in [1.29, 1.82) is 0 Å². The SMILES string of the molecule is COC(C)(C)Cc1nc(C(C)C)n(C(C)C)c1N. The van der Waals surface area contributed by atoms with Crippen LogP contribution in [0, 0.1) is 0 Å². The molecule has 0 amide bonds. The first-order valence-corrected chi connectivity index (χ1v) is 6.61.